The molecule has 108 valence electrons. The molecule has 0 bridgehead atoms. The molecule has 1 N–H and O–H groups in total. The SMILES string of the molecule is COc1ccccc1CNC(=O)/C=C/c1ccc(C)cc1. The van der Waals surface area contributed by atoms with Crippen LogP contribution in [-0.4, -0.2) is 13.0 Å². The molecule has 1 amide bonds. The number of carbonyl (C=O) groups excluding carboxylic acids is 1. The summed E-state index contributed by atoms with van der Waals surface area (Å²) < 4.78 is 5.25. The molecule has 0 saturated carbocycles. The summed E-state index contributed by atoms with van der Waals surface area (Å²) in [6.07, 6.45) is 3.34. The van der Waals surface area contributed by atoms with Gasteiger partial charge in [-0.2, -0.15) is 0 Å². The molecule has 2 rings (SSSR count). The van der Waals surface area contributed by atoms with Crippen molar-refractivity contribution < 1.29 is 9.53 Å². The molecular weight excluding hydrogens is 262 g/mol. The fraction of sp³-hybridized carbons (Fsp3) is 0.167. The van der Waals surface area contributed by atoms with Gasteiger partial charge in [-0.05, 0) is 24.6 Å². The molecule has 2 aromatic carbocycles. The second kappa shape index (κ2) is 7.29. The van der Waals surface area contributed by atoms with E-state index in [1.54, 1.807) is 19.3 Å². The van der Waals surface area contributed by atoms with Gasteiger partial charge in [0.05, 0.1) is 7.11 Å². The van der Waals surface area contributed by atoms with Gasteiger partial charge in [0.1, 0.15) is 5.75 Å². The maximum Gasteiger partial charge on any atom is 0.244 e. The molecule has 0 saturated heterocycles. The minimum Gasteiger partial charge on any atom is -0.496 e. The predicted octanol–water partition coefficient (Wildman–Crippen LogP) is 3.33. The van der Waals surface area contributed by atoms with Crippen LogP contribution in [0.25, 0.3) is 6.08 Å². The topological polar surface area (TPSA) is 38.3 Å². The van der Waals surface area contributed by atoms with E-state index in [9.17, 15) is 4.79 Å². The summed E-state index contributed by atoms with van der Waals surface area (Å²) in [5.41, 5.74) is 3.16. The molecule has 3 heteroatoms. The van der Waals surface area contributed by atoms with Gasteiger partial charge in [0.15, 0.2) is 0 Å². The second-order valence-electron chi connectivity index (χ2n) is 4.77. The van der Waals surface area contributed by atoms with E-state index in [0.717, 1.165) is 16.9 Å². The third-order valence-electron chi connectivity index (χ3n) is 3.15. The molecule has 0 unspecified atom stereocenters. The Hall–Kier alpha value is -2.55. The zero-order valence-electron chi connectivity index (χ0n) is 12.3. The lowest BCUT2D eigenvalue weighted by Crippen LogP contribution is -2.20. The van der Waals surface area contributed by atoms with Crippen molar-refractivity contribution in [1.29, 1.82) is 0 Å². The number of nitrogens with one attached hydrogen (secondary N) is 1. The van der Waals surface area contributed by atoms with Gasteiger partial charge in [-0.3, -0.25) is 4.79 Å². The van der Waals surface area contributed by atoms with E-state index in [1.165, 1.54) is 5.56 Å². The first kappa shape index (κ1) is 14.9. The second-order valence-corrected chi connectivity index (χ2v) is 4.77. The number of carbonyl (C=O) groups is 1. The molecule has 0 fully saturated rings. The molecule has 2 aromatic rings. The van der Waals surface area contributed by atoms with Crippen LogP contribution in [0.1, 0.15) is 16.7 Å². The molecule has 0 spiro atoms. The van der Waals surface area contributed by atoms with E-state index < -0.39 is 0 Å². The third kappa shape index (κ3) is 4.49. The summed E-state index contributed by atoms with van der Waals surface area (Å²) in [4.78, 5) is 11.8. The maximum atomic E-state index is 11.8. The highest BCUT2D eigenvalue weighted by Gasteiger charge is 2.02. The Balaban J connectivity index is 1.91. The van der Waals surface area contributed by atoms with Crippen LogP contribution in [-0.2, 0) is 11.3 Å². The fourth-order valence-electron chi connectivity index (χ4n) is 1.94. The molecule has 0 aliphatic carbocycles. The number of amides is 1. The Morgan fingerprint density at radius 2 is 1.86 bits per heavy atom. The van der Waals surface area contributed by atoms with Crippen LogP contribution in [0.4, 0.5) is 0 Å². The first-order valence-electron chi connectivity index (χ1n) is 6.83. The van der Waals surface area contributed by atoms with Crippen molar-refractivity contribution in [2.45, 2.75) is 13.5 Å². The van der Waals surface area contributed by atoms with Gasteiger partial charge in [0, 0.05) is 18.2 Å². The molecule has 0 radical (unpaired) electrons. The predicted molar refractivity (Wildman–Crippen MR) is 85.1 cm³/mol. The number of hydrogen-bond donors (Lipinski definition) is 1. The van der Waals surface area contributed by atoms with E-state index in [-0.39, 0.29) is 5.91 Å². The summed E-state index contributed by atoms with van der Waals surface area (Å²) >= 11 is 0. The fourth-order valence-corrected chi connectivity index (χ4v) is 1.94. The molecule has 0 aliphatic rings. The highest BCUT2D eigenvalue weighted by molar-refractivity contribution is 5.91. The number of ether oxygens (including phenoxy) is 1. The normalized spacial score (nSPS) is 10.6. The van der Waals surface area contributed by atoms with E-state index >= 15 is 0 Å². The highest BCUT2D eigenvalue weighted by Crippen LogP contribution is 2.16. The Labute approximate surface area is 125 Å². The smallest absolute Gasteiger partial charge is 0.244 e. The minimum absolute atomic E-state index is 0.124. The minimum atomic E-state index is -0.124. The van der Waals surface area contributed by atoms with Crippen LogP contribution < -0.4 is 10.1 Å². The number of aryl methyl sites for hydroxylation is 1. The molecular formula is C18H19NO2. The first-order chi connectivity index (χ1) is 10.2. The maximum absolute atomic E-state index is 11.8. The molecule has 3 nitrogen and oxygen atoms in total. The number of para-hydroxylation sites is 1. The van der Waals surface area contributed by atoms with Crippen molar-refractivity contribution in [3.05, 3.63) is 71.3 Å². The average Bonchev–Trinajstić information content (AvgIpc) is 2.52. The summed E-state index contributed by atoms with van der Waals surface area (Å²) in [5.74, 6) is 0.654. The van der Waals surface area contributed by atoms with Gasteiger partial charge in [-0.15, -0.1) is 0 Å². The zero-order chi connectivity index (χ0) is 15.1. The van der Waals surface area contributed by atoms with Crippen LogP contribution >= 0.6 is 0 Å². The van der Waals surface area contributed by atoms with Crippen LogP contribution in [0.15, 0.2) is 54.6 Å². The van der Waals surface area contributed by atoms with Gasteiger partial charge in [-0.25, -0.2) is 0 Å². The lowest BCUT2D eigenvalue weighted by molar-refractivity contribution is -0.116. The zero-order valence-corrected chi connectivity index (χ0v) is 12.3. The van der Waals surface area contributed by atoms with E-state index in [2.05, 4.69) is 5.32 Å². The molecule has 21 heavy (non-hydrogen) atoms. The average molecular weight is 281 g/mol. The summed E-state index contributed by atoms with van der Waals surface area (Å²) in [7, 11) is 1.62. The number of rotatable bonds is 5. The Kier molecular flexibility index (Phi) is 5.16. The van der Waals surface area contributed by atoms with Crippen molar-refractivity contribution in [3.8, 4) is 5.75 Å². The monoisotopic (exact) mass is 281 g/mol. The van der Waals surface area contributed by atoms with Gasteiger partial charge in [0.2, 0.25) is 5.91 Å². The van der Waals surface area contributed by atoms with Crippen molar-refractivity contribution in [1.82, 2.24) is 5.32 Å². The number of hydrogen-bond acceptors (Lipinski definition) is 2. The van der Waals surface area contributed by atoms with Gasteiger partial charge < -0.3 is 10.1 Å². The van der Waals surface area contributed by atoms with Crippen molar-refractivity contribution in [2.24, 2.45) is 0 Å². The molecule has 0 atom stereocenters. The Morgan fingerprint density at radius 1 is 1.14 bits per heavy atom. The van der Waals surface area contributed by atoms with Crippen LogP contribution in [0.3, 0.4) is 0 Å². The molecule has 0 heterocycles. The van der Waals surface area contributed by atoms with Crippen LogP contribution in [0, 0.1) is 6.92 Å². The van der Waals surface area contributed by atoms with Crippen molar-refractivity contribution in [2.75, 3.05) is 7.11 Å². The van der Waals surface area contributed by atoms with Gasteiger partial charge in [-0.1, -0.05) is 48.0 Å². The lowest BCUT2D eigenvalue weighted by atomic mass is 10.1. The van der Waals surface area contributed by atoms with Crippen molar-refractivity contribution in [3.63, 3.8) is 0 Å². The van der Waals surface area contributed by atoms with Gasteiger partial charge >= 0.3 is 0 Å². The quantitative estimate of drug-likeness (QED) is 0.854. The first-order valence-corrected chi connectivity index (χ1v) is 6.83. The summed E-state index contributed by atoms with van der Waals surface area (Å²) in [6.45, 7) is 2.48. The van der Waals surface area contributed by atoms with Crippen LogP contribution in [0.2, 0.25) is 0 Å². The highest BCUT2D eigenvalue weighted by atomic mass is 16.5. The summed E-state index contributed by atoms with van der Waals surface area (Å²) in [5, 5.41) is 2.85. The van der Waals surface area contributed by atoms with Crippen molar-refractivity contribution >= 4 is 12.0 Å². The van der Waals surface area contributed by atoms with E-state index in [0.29, 0.717) is 6.54 Å². The summed E-state index contributed by atoms with van der Waals surface area (Å²) in [6, 6.07) is 15.7. The Morgan fingerprint density at radius 3 is 2.57 bits per heavy atom. The van der Waals surface area contributed by atoms with E-state index in [1.807, 2.05) is 55.5 Å². The van der Waals surface area contributed by atoms with E-state index in [4.69, 9.17) is 4.74 Å². The third-order valence-corrected chi connectivity index (χ3v) is 3.15. The number of benzene rings is 2. The number of methoxy groups -OCH3 is 1. The largest absolute Gasteiger partial charge is 0.496 e. The Bertz CT molecular complexity index is 630. The lowest BCUT2D eigenvalue weighted by Gasteiger charge is -2.08. The van der Waals surface area contributed by atoms with Crippen LogP contribution in [0.5, 0.6) is 5.75 Å². The molecule has 0 aliphatic heterocycles. The van der Waals surface area contributed by atoms with Gasteiger partial charge in [0.25, 0.3) is 0 Å². The molecule has 0 aromatic heterocycles. The standard InChI is InChI=1S/C18H19NO2/c1-14-7-9-15(10-8-14)11-12-18(20)19-13-16-5-3-4-6-17(16)21-2/h3-12H,13H2,1-2H3,(H,19,20)/b12-11+.